The number of rotatable bonds is 10. The lowest BCUT2D eigenvalue weighted by atomic mass is 10.1. The number of ether oxygens (including phenoxy) is 2. The minimum atomic E-state index is -0.810. The maximum atomic E-state index is 12.9. The van der Waals surface area contributed by atoms with Crippen LogP contribution in [0.15, 0.2) is 53.9 Å². The lowest BCUT2D eigenvalue weighted by Crippen LogP contribution is -2.48. The van der Waals surface area contributed by atoms with Crippen molar-refractivity contribution < 1.29 is 23.9 Å². The molecular formula is C25H36N4O5. The van der Waals surface area contributed by atoms with Crippen molar-refractivity contribution in [3.05, 3.63) is 59.4 Å². The van der Waals surface area contributed by atoms with E-state index in [1.165, 1.54) is 0 Å². The molecule has 0 saturated heterocycles. The van der Waals surface area contributed by atoms with E-state index < -0.39 is 23.8 Å². The number of hydrogen-bond acceptors (Lipinski definition) is 6. The molecule has 0 radical (unpaired) electrons. The minimum Gasteiger partial charge on any atom is -0.445 e. The third-order valence-electron chi connectivity index (χ3n) is 4.88. The Morgan fingerprint density at radius 1 is 1.09 bits per heavy atom. The molecular weight excluding hydrogens is 436 g/mol. The van der Waals surface area contributed by atoms with Gasteiger partial charge in [0.05, 0.1) is 5.70 Å². The summed E-state index contributed by atoms with van der Waals surface area (Å²) in [7, 11) is 0. The molecule has 186 valence electrons. The molecule has 0 saturated carbocycles. The van der Waals surface area contributed by atoms with Crippen LogP contribution < -0.4 is 21.7 Å². The molecule has 1 aromatic rings. The molecule has 2 rings (SSSR count). The lowest BCUT2D eigenvalue weighted by molar-refractivity contribution is -0.122. The summed E-state index contributed by atoms with van der Waals surface area (Å²) in [4.78, 5) is 37.0. The highest BCUT2D eigenvalue weighted by molar-refractivity contribution is 5.87. The summed E-state index contributed by atoms with van der Waals surface area (Å²) in [6.45, 7) is 5.84. The number of hydrogen-bond donors (Lipinski definition) is 4. The number of benzene rings is 1. The van der Waals surface area contributed by atoms with Crippen LogP contribution in [0.2, 0.25) is 0 Å². The van der Waals surface area contributed by atoms with Crippen LogP contribution in [0.4, 0.5) is 9.59 Å². The van der Waals surface area contributed by atoms with Gasteiger partial charge >= 0.3 is 12.2 Å². The van der Waals surface area contributed by atoms with E-state index in [1.54, 1.807) is 26.8 Å². The van der Waals surface area contributed by atoms with Crippen LogP contribution in [-0.4, -0.2) is 36.3 Å². The van der Waals surface area contributed by atoms with E-state index in [2.05, 4.69) is 16.0 Å². The quantitative estimate of drug-likeness (QED) is 0.385. The number of nitrogens with one attached hydrogen (secondary N) is 3. The molecule has 0 aromatic heterocycles. The minimum absolute atomic E-state index is 0.197. The molecule has 9 nitrogen and oxygen atoms in total. The zero-order valence-corrected chi connectivity index (χ0v) is 20.2. The lowest BCUT2D eigenvalue weighted by Gasteiger charge is -2.24. The first-order valence-electron chi connectivity index (χ1n) is 11.5. The van der Waals surface area contributed by atoms with Gasteiger partial charge in [0.25, 0.3) is 0 Å². The Hall–Kier alpha value is -3.49. The molecule has 0 fully saturated rings. The van der Waals surface area contributed by atoms with Crippen molar-refractivity contribution in [1.82, 2.24) is 16.0 Å². The second-order valence-corrected chi connectivity index (χ2v) is 9.05. The van der Waals surface area contributed by atoms with Crippen LogP contribution in [0.5, 0.6) is 0 Å². The molecule has 3 amide bonds. The fourth-order valence-electron chi connectivity index (χ4n) is 3.18. The number of carbonyl (C=O) groups excluding carboxylic acids is 3. The number of alkyl carbamates (subject to hydrolysis) is 2. The molecule has 0 spiro atoms. The van der Waals surface area contributed by atoms with Gasteiger partial charge in [-0.25, -0.2) is 9.59 Å². The monoisotopic (exact) mass is 472 g/mol. The van der Waals surface area contributed by atoms with Gasteiger partial charge in [0.2, 0.25) is 5.91 Å². The van der Waals surface area contributed by atoms with Gasteiger partial charge in [0, 0.05) is 12.2 Å². The Morgan fingerprint density at radius 3 is 2.50 bits per heavy atom. The van der Waals surface area contributed by atoms with E-state index in [9.17, 15) is 14.4 Å². The summed E-state index contributed by atoms with van der Waals surface area (Å²) in [5.74, 6) is -0.370. The van der Waals surface area contributed by atoms with E-state index in [0.717, 1.165) is 12.0 Å². The molecule has 0 aliphatic heterocycles. The predicted octanol–water partition coefficient (Wildman–Crippen LogP) is 3.61. The first-order chi connectivity index (χ1) is 16.1. The van der Waals surface area contributed by atoms with Crippen LogP contribution >= 0.6 is 0 Å². The molecule has 1 aromatic carbocycles. The van der Waals surface area contributed by atoms with Gasteiger partial charge in [0.15, 0.2) is 0 Å². The van der Waals surface area contributed by atoms with Crippen LogP contribution in [0.1, 0.15) is 58.4 Å². The molecule has 0 bridgehead atoms. The van der Waals surface area contributed by atoms with Crippen LogP contribution in [0.3, 0.4) is 0 Å². The second kappa shape index (κ2) is 13.3. The highest BCUT2D eigenvalue weighted by Crippen LogP contribution is 2.13. The molecule has 1 aliphatic carbocycles. The standard InChI is InChI=1S/C25H36N4O5/c1-25(2,3)34-24(32)29-21(22(30)28-20-14-8-7-13-19(20)26)15-9-10-16-27-23(31)33-17-18-11-5-4-6-12-18/h4-6,8,11-12,14,21H,7,9-10,13,15-17,26H2,1-3H3,(H,27,31)(H,28,30)(H,29,32)/t21-/m0/s1. The Labute approximate surface area is 201 Å². The van der Waals surface area contributed by atoms with Crippen molar-refractivity contribution >= 4 is 18.1 Å². The average molecular weight is 473 g/mol. The Kier molecular flexibility index (Phi) is 10.4. The SMILES string of the molecule is CC(C)(C)OC(=O)N[C@@H](CCCCNC(=O)OCc1ccccc1)C(=O)NC1=C(N)CCC=C1. The van der Waals surface area contributed by atoms with Gasteiger partial charge in [-0.3, -0.25) is 4.79 Å². The zero-order chi connectivity index (χ0) is 25.0. The molecule has 5 N–H and O–H groups in total. The molecule has 0 heterocycles. The van der Waals surface area contributed by atoms with Crippen molar-refractivity contribution in [3.63, 3.8) is 0 Å². The van der Waals surface area contributed by atoms with Gasteiger partial charge < -0.3 is 31.2 Å². The second-order valence-electron chi connectivity index (χ2n) is 9.05. The number of nitrogens with two attached hydrogens (primary N) is 1. The first-order valence-corrected chi connectivity index (χ1v) is 11.5. The molecule has 0 unspecified atom stereocenters. The normalized spacial score (nSPS) is 14.2. The zero-order valence-electron chi connectivity index (χ0n) is 20.2. The largest absolute Gasteiger partial charge is 0.445 e. The summed E-state index contributed by atoms with van der Waals surface area (Å²) in [5, 5.41) is 8.13. The molecule has 1 atom stereocenters. The van der Waals surface area contributed by atoms with Gasteiger partial charge in [-0.15, -0.1) is 0 Å². The van der Waals surface area contributed by atoms with Gasteiger partial charge in [0.1, 0.15) is 18.2 Å². The third kappa shape index (κ3) is 10.4. The highest BCUT2D eigenvalue weighted by Gasteiger charge is 2.25. The van der Waals surface area contributed by atoms with Crippen LogP contribution in [-0.2, 0) is 20.9 Å². The Balaban J connectivity index is 1.80. The Bertz CT molecular complexity index is 890. The van der Waals surface area contributed by atoms with Crippen molar-refractivity contribution in [2.75, 3.05) is 6.54 Å². The summed E-state index contributed by atoms with van der Waals surface area (Å²) < 4.78 is 10.5. The molecule has 9 heteroatoms. The van der Waals surface area contributed by atoms with Gasteiger partial charge in [-0.05, 0) is 64.5 Å². The topological polar surface area (TPSA) is 132 Å². The summed E-state index contributed by atoms with van der Waals surface area (Å²) >= 11 is 0. The van der Waals surface area contributed by atoms with Gasteiger partial charge in [-0.1, -0.05) is 36.4 Å². The first kappa shape index (κ1) is 26.8. The smallest absolute Gasteiger partial charge is 0.408 e. The third-order valence-corrected chi connectivity index (χ3v) is 4.88. The van der Waals surface area contributed by atoms with E-state index in [1.807, 2.05) is 36.4 Å². The van der Waals surface area contributed by atoms with E-state index in [-0.39, 0.29) is 12.5 Å². The fourth-order valence-corrected chi connectivity index (χ4v) is 3.18. The molecule has 34 heavy (non-hydrogen) atoms. The number of carbonyl (C=O) groups is 3. The number of allylic oxidation sites excluding steroid dienone is 3. The van der Waals surface area contributed by atoms with Crippen molar-refractivity contribution in [2.24, 2.45) is 5.73 Å². The van der Waals surface area contributed by atoms with Crippen LogP contribution in [0, 0.1) is 0 Å². The highest BCUT2D eigenvalue weighted by atomic mass is 16.6. The summed E-state index contributed by atoms with van der Waals surface area (Å²) in [6.07, 6.45) is 5.57. The van der Waals surface area contributed by atoms with E-state index >= 15 is 0 Å². The molecule has 1 aliphatic rings. The van der Waals surface area contributed by atoms with Crippen LogP contribution in [0.25, 0.3) is 0 Å². The fraction of sp³-hybridized carbons (Fsp3) is 0.480. The number of amides is 3. The predicted molar refractivity (Wildman–Crippen MR) is 129 cm³/mol. The number of unbranched alkanes of at least 4 members (excludes halogenated alkanes) is 1. The van der Waals surface area contributed by atoms with Crippen molar-refractivity contribution in [1.29, 1.82) is 0 Å². The van der Waals surface area contributed by atoms with Crippen molar-refractivity contribution in [3.8, 4) is 0 Å². The average Bonchev–Trinajstić information content (AvgIpc) is 2.77. The summed E-state index contributed by atoms with van der Waals surface area (Å²) in [5.41, 5.74) is 7.36. The van der Waals surface area contributed by atoms with E-state index in [4.69, 9.17) is 15.2 Å². The van der Waals surface area contributed by atoms with E-state index in [0.29, 0.717) is 43.6 Å². The van der Waals surface area contributed by atoms with Crippen molar-refractivity contribution in [2.45, 2.75) is 71.1 Å². The Morgan fingerprint density at radius 2 is 1.82 bits per heavy atom. The maximum Gasteiger partial charge on any atom is 0.408 e. The maximum absolute atomic E-state index is 12.9. The van der Waals surface area contributed by atoms with Gasteiger partial charge in [-0.2, -0.15) is 0 Å². The summed E-state index contributed by atoms with van der Waals surface area (Å²) in [6, 6.07) is 8.60.